The number of carbonyl (C=O) groups is 2. The molecule has 0 saturated carbocycles. The summed E-state index contributed by atoms with van der Waals surface area (Å²) in [4.78, 5) is 24.5. The van der Waals surface area contributed by atoms with E-state index < -0.39 is 20.0 Å². The molecule has 0 saturated heterocycles. The standard InChI is InChI=1S/C26H28N6O8S2/c1-17-15-23(29-39-17)31-41(35,36)21-11-7-19(8-12-21)27-25(33)5-3-4-6-26(34)28-20-9-13-22(14-10-20)42(37,38)32-24-16-18(2)40-30-24/h7-16H,3-6H2,1-2H3,(H,27,33)(H,28,34)(H,29,31)(H,30,32). The first-order valence-electron chi connectivity index (χ1n) is 12.6. The molecule has 4 N–H and O–H groups in total. The molecule has 0 atom stereocenters. The van der Waals surface area contributed by atoms with E-state index in [9.17, 15) is 26.4 Å². The van der Waals surface area contributed by atoms with Crippen LogP contribution in [0.4, 0.5) is 23.0 Å². The van der Waals surface area contributed by atoms with Gasteiger partial charge in [-0.05, 0) is 75.2 Å². The van der Waals surface area contributed by atoms with E-state index in [4.69, 9.17) is 9.05 Å². The van der Waals surface area contributed by atoms with Gasteiger partial charge in [-0.25, -0.2) is 16.8 Å². The summed E-state index contributed by atoms with van der Waals surface area (Å²) in [6, 6.07) is 14.2. The number of benzene rings is 2. The number of hydrogen-bond acceptors (Lipinski definition) is 10. The molecule has 0 aliphatic heterocycles. The smallest absolute Gasteiger partial charge is 0.263 e. The van der Waals surface area contributed by atoms with Crippen molar-refractivity contribution < 1.29 is 35.5 Å². The molecule has 2 heterocycles. The number of aromatic nitrogens is 2. The number of carbonyl (C=O) groups excluding carboxylic acids is 2. The first-order valence-corrected chi connectivity index (χ1v) is 15.6. The van der Waals surface area contributed by atoms with Crippen molar-refractivity contribution in [3.05, 3.63) is 72.2 Å². The second kappa shape index (κ2) is 12.9. The van der Waals surface area contributed by atoms with Crippen molar-refractivity contribution in [3.8, 4) is 0 Å². The van der Waals surface area contributed by atoms with Gasteiger partial charge < -0.3 is 19.7 Å². The fraction of sp³-hybridized carbons (Fsp3) is 0.231. The van der Waals surface area contributed by atoms with E-state index in [-0.39, 0.29) is 46.1 Å². The third kappa shape index (κ3) is 8.40. The highest BCUT2D eigenvalue weighted by Crippen LogP contribution is 2.20. The summed E-state index contributed by atoms with van der Waals surface area (Å²) in [5, 5.41) is 12.6. The zero-order chi connectivity index (χ0) is 30.3. The summed E-state index contributed by atoms with van der Waals surface area (Å²) in [7, 11) is -7.74. The number of nitrogens with zero attached hydrogens (tertiary/aromatic N) is 2. The van der Waals surface area contributed by atoms with Gasteiger partial charge in [0.2, 0.25) is 11.8 Å². The van der Waals surface area contributed by atoms with Crippen LogP contribution in [0, 0.1) is 13.8 Å². The van der Waals surface area contributed by atoms with Crippen LogP contribution in [0.15, 0.2) is 79.5 Å². The molecule has 14 nitrogen and oxygen atoms in total. The van der Waals surface area contributed by atoms with Gasteiger partial charge in [0.1, 0.15) is 11.5 Å². The number of amides is 2. The van der Waals surface area contributed by atoms with Gasteiger partial charge in [0.05, 0.1) is 9.79 Å². The number of anilines is 4. The van der Waals surface area contributed by atoms with Gasteiger partial charge in [0.15, 0.2) is 11.6 Å². The van der Waals surface area contributed by atoms with Crippen molar-refractivity contribution in [2.24, 2.45) is 0 Å². The Morgan fingerprint density at radius 3 is 1.31 bits per heavy atom. The Kier molecular flexibility index (Phi) is 9.27. The molecule has 0 aliphatic carbocycles. The Morgan fingerprint density at radius 2 is 1.00 bits per heavy atom. The summed E-state index contributed by atoms with van der Waals surface area (Å²) < 4.78 is 64.2. The van der Waals surface area contributed by atoms with E-state index in [1.807, 2.05) is 0 Å². The second-order valence-electron chi connectivity index (χ2n) is 9.21. The summed E-state index contributed by atoms with van der Waals surface area (Å²) in [6.07, 6.45) is 1.20. The van der Waals surface area contributed by atoms with Crippen LogP contribution >= 0.6 is 0 Å². The predicted octanol–water partition coefficient (Wildman–Crippen LogP) is 4.02. The van der Waals surface area contributed by atoms with Crippen LogP contribution < -0.4 is 20.1 Å². The van der Waals surface area contributed by atoms with Crippen molar-refractivity contribution in [2.75, 3.05) is 20.1 Å². The van der Waals surface area contributed by atoms with Crippen molar-refractivity contribution in [2.45, 2.75) is 49.3 Å². The Bertz CT molecular complexity index is 1630. The highest BCUT2D eigenvalue weighted by Gasteiger charge is 2.18. The molecule has 0 bridgehead atoms. The van der Waals surface area contributed by atoms with Gasteiger partial charge >= 0.3 is 0 Å². The highest BCUT2D eigenvalue weighted by molar-refractivity contribution is 7.93. The summed E-state index contributed by atoms with van der Waals surface area (Å²) in [5.41, 5.74) is 0.844. The fourth-order valence-electron chi connectivity index (χ4n) is 3.68. The number of aryl methyl sites for hydroxylation is 2. The lowest BCUT2D eigenvalue weighted by molar-refractivity contribution is -0.118. The fourth-order valence-corrected chi connectivity index (χ4v) is 5.64. The third-order valence-corrected chi connectivity index (χ3v) is 8.43. The van der Waals surface area contributed by atoms with Crippen LogP contribution in [0.3, 0.4) is 0 Å². The van der Waals surface area contributed by atoms with Gasteiger partial charge in [-0.1, -0.05) is 10.3 Å². The predicted molar refractivity (Wildman–Crippen MR) is 153 cm³/mol. The molecule has 2 amide bonds. The van der Waals surface area contributed by atoms with E-state index in [2.05, 4.69) is 30.4 Å². The van der Waals surface area contributed by atoms with Gasteiger partial charge in [-0.3, -0.25) is 19.0 Å². The average molecular weight is 617 g/mol. The number of sulfonamides is 2. The van der Waals surface area contributed by atoms with E-state index in [1.165, 1.54) is 60.7 Å². The summed E-state index contributed by atoms with van der Waals surface area (Å²) in [6.45, 7) is 3.27. The van der Waals surface area contributed by atoms with Gasteiger partial charge in [0, 0.05) is 36.3 Å². The molecule has 0 spiro atoms. The zero-order valence-electron chi connectivity index (χ0n) is 22.6. The average Bonchev–Trinajstić information content (AvgIpc) is 3.53. The monoisotopic (exact) mass is 616 g/mol. The van der Waals surface area contributed by atoms with E-state index in [0.717, 1.165) is 0 Å². The topological polar surface area (TPSA) is 203 Å². The number of nitrogens with one attached hydrogen (secondary N) is 4. The molecular formula is C26H28N6O8S2. The van der Waals surface area contributed by atoms with Gasteiger partial charge in [-0.15, -0.1) is 0 Å². The van der Waals surface area contributed by atoms with Crippen LogP contribution in [-0.2, 0) is 29.6 Å². The summed E-state index contributed by atoms with van der Waals surface area (Å²) >= 11 is 0. The van der Waals surface area contributed by atoms with E-state index >= 15 is 0 Å². The summed E-state index contributed by atoms with van der Waals surface area (Å²) in [5.74, 6) is 0.479. The van der Waals surface area contributed by atoms with Crippen LogP contribution in [-0.4, -0.2) is 39.0 Å². The minimum atomic E-state index is -3.87. The van der Waals surface area contributed by atoms with Crippen LogP contribution in [0.2, 0.25) is 0 Å². The number of unbranched alkanes of at least 4 members (excludes halogenated alkanes) is 1. The van der Waals surface area contributed by atoms with Crippen molar-refractivity contribution in [1.29, 1.82) is 0 Å². The molecule has 16 heteroatoms. The largest absolute Gasteiger partial charge is 0.360 e. The minimum absolute atomic E-state index is 0.0123. The van der Waals surface area contributed by atoms with Crippen molar-refractivity contribution in [1.82, 2.24) is 10.3 Å². The maximum absolute atomic E-state index is 12.5. The molecule has 2 aromatic carbocycles. The van der Waals surface area contributed by atoms with Gasteiger partial charge in [0.25, 0.3) is 20.0 Å². The quantitative estimate of drug-likeness (QED) is 0.159. The zero-order valence-corrected chi connectivity index (χ0v) is 24.2. The Balaban J connectivity index is 1.17. The molecule has 222 valence electrons. The van der Waals surface area contributed by atoms with Crippen molar-refractivity contribution >= 4 is 54.9 Å². The highest BCUT2D eigenvalue weighted by atomic mass is 32.2. The molecule has 42 heavy (non-hydrogen) atoms. The lowest BCUT2D eigenvalue weighted by Crippen LogP contribution is -2.15. The molecule has 4 rings (SSSR count). The van der Waals surface area contributed by atoms with Crippen molar-refractivity contribution in [3.63, 3.8) is 0 Å². The van der Waals surface area contributed by atoms with Crippen LogP contribution in [0.25, 0.3) is 0 Å². The molecule has 2 aromatic heterocycles. The first-order chi connectivity index (χ1) is 19.9. The van der Waals surface area contributed by atoms with E-state index in [0.29, 0.717) is 35.7 Å². The van der Waals surface area contributed by atoms with Crippen LogP contribution in [0.1, 0.15) is 37.2 Å². The maximum atomic E-state index is 12.5. The Labute approximate surface area is 241 Å². The molecule has 0 unspecified atom stereocenters. The molecule has 4 aromatic rings. The second-order valence-corrected chi connectivity index (χ2v) is 12.6. The SMILES string of the molecule is Cc1cc(NS(=O)(=O)c2ccc(NC(=O)CCCCC(=O)Nc3ccc(S(=O)(=O)Nc4cc(C)on4)cc3)cc2)no1. The minimum Gasteiger partial charge on any atom is -0.360 e. The van der Waals surface area contributed by atoms with E-state index in [1.54, 1.807) is 13.8 Å². The number of rotatable bonds is 13. The first kappa shape index (κ1) is 30.3. The lowest BCUT2D eigenvalue weighted by Gasteiger charge is -2.09. The van der Waals surface area contributed by atoms with Gasteiger partial charge in [-0.2, -0.15) is 0 Å². The molecular weight excluding hydrogens is 588 g/mol. The normalized spacial score (nSPS) is 11.6. The molecule has 0 fully saturated rings. The lowest BCUT2D eigenvalue weighted by atomic mass is 10.1. The molecule has 0 aliphatic rings. The van der Waals surface area contributed by atoms with Crippen LogP contribution in [0.5, 0.6) is 0 Å². The maximum Gasteiger partial charge on any atom is 0.263 e. The number of hydrogen-bond donors (Lipinski definition) is 4. The Morgan fingerprint density at radius 1 is 0.643 bits per heavy atom. The third-order valence-electron chi connectivity index (χ3n) is 5.69. The Hall–Kier alpha value is -4.70. The molecule has 0 radical (unpaired) electrons.